The molecular formula is C19H32N2O2. The van der Waals surface area contributed by atoms with Crippen LogP contribution in [0.25, 0.3) is 0 Å². The van der Waals surface area contributed by atoms with Gasteiger partial charge in [-0.15, -0.1) is 0 Å². The SMILES string of the molecule is CCCNC(=O)C1CCC(C(=O)NCCC2=CCCCC2)CC1. The summed E-state index contributed by atoms with van der Waals surface area (Å²) in [5.74, 6) is 0.576. The Morgan fingerprint density at radius 3 is 2.13 bits per heavy atom. The van der Waals surface area contributed by atoms with Gasteiger partial charge in [0.2, 0.25) is 11.8 Å². The molecule has 1 saturated carbocycles. The maximum absolute atomic E-state index is 12.3. The van der Waals surface area contributed by atoms with Gasteiger partial charge in [-0.05, 0) is 64.2 Å². The first-order chi connectivity index (χ1) is 11.2. The van der Waals surface area contributed by atoms with E-state index in [1.54, 1.807) is 0 Å². The molecule has 2 amide bonds. The predicted octanol–water partition coefficient (Wildman–Crippen LogP) is 3.33. The quantitative estimate of drug-likeness (QED) is 0.707. The summed E-state index contributed by atoms with van der Waals surface area (Å²) in [6.45, 7) is 3.58. The van der Waals surface area contributed by atoms with Gasteiger partial charge >= 0.3 is 0 Å². The number of rotatable bonds is 7. The third kappa shape index (κ3) is 6.00. The Morgan fingerprint density at radius 1 is 1.00 bits per heavy atom. The van der Waals surface area contributed by atoms with Gasteiger partial charge in [-0.3, -0.25) is 9.59 Å². The molecule has 4 nitrogen and oxygen atoms in total. The highest BCUT2D eigenvalue weighted by Crippen LogP contribution is 2.29. The highest BCUT2D eigenvalue weighted by atomic mass is 16.2. The van der Waals surface area contributed by atoms with Crippen molar-refractivity contribution in [2.75, 3.05) is 13.1 Å². The van der Waals surface area contributed by atoms with Crippen LogP contribution in [0.3, 0.4) is 0 Å². The molecule has 130 valence electrons. The van der Waals surface area contributed by atoms with Crippen LogP contribution in [0, 0.1) is 11.8 Å². The Labute approximate surface area is 140 Å². The number of hydrogen-bond acceptors (Lipinski definition) is 2. The van der Waals surface area contributed by atoms with Gasteiger partial charge in [0.05, 0.1) is 0 Å². The van der Waals surface area contributed by atoms with E-state index in [9.17, 15) is 9.59 Å². The van der Waals surface area contributed by atoms with Gasteiger partial charge < -0.3 is 10.6 Å². The molecule has 0 aromatic rings. The predicted molar refractivity (Wildman–Crippen MR) is 92.9 cm³/mol. The monoisotopic (exact) mass is 320 g/mol. The fourth-order valence-corrected chi connectivity index (χ4v) is 3.63. The Kier molecular flexibility index (Phi) is 7.63. The van der Waals surface area contributed by atoms with Gasteiger partial charge in [0, 0.05) is 24.9 Å². The summed E-state index contributed by atoms with van der Waals surface area (Å²) in [4.78, 5) is 24.2. The maximum Gasteiger partial charge on any atom is 0.223 e. The van der Waals surface area contributed by atoms with Crippen molar-refractivity contribution in [1.29, 1.82) is 0 Å². The Bertz CT molecular complexity index is 423. The molecule has 0 aromatic carbocycles. The van der Waals surface area contributed by atoms with E-state index in [0.29, 0.717) is 0 Å². The van der Waals surface area contributed by atoms with Crippen molar-refractivity contribution in [1.82, 2.24) is 10.6 Å². The minimum absolute atomic E-state index is 0.102. The molecule has 0 radical (unpaired) electrons. The zero-order valence-corrected chi connectivity index (χ0v) is 14.5. The van der Waals surface area contributed by atoms with Crippen LogP contribution in [-0.2, 0) is 9.59 Å². The molecule has 0 unspecified atom stereocenters. The van der Waals surface area contributed by atoms with E-state index >= 15 is 0 Å². The van der Waals surface area contributed by atoms with E-state index in [2.05, 4.69) is 23.6 Å². The van der Waals surface area contributed by atoms with Crippen molar-refractivity contribution in [3.05, 3.63) is 11.6 Å². The smallest absolute Gasteiger partial charge is 0.223 e. The van der Waals surface area contributed by atoms with Crippen LogP contribution in [0.1, 0.15) is 71.1 Å². The lowest BCUT2D eigenvalue weighted by Crippen LogP contribution is -2.38. The lowest BCUT2D eigenvalue weighted by atomic mass is 9.81. The standard InChI is InChI=1S/C19H32N2O2/c1-2-13-20-18(22)16-8-10-17(11-9-16)19(23)21-14-12-15-6-4-3-5-7-15/h6,16-17H,2-5,7-14H2,1H3,(H,20,22)(H,21,23). The molecular weight excluding hydrogens is 288 g/mol. The van der Waals surface area contributed by atoms with E-state index < -0.39 is 0 Å². The third-order valence-electron chi connectivity index (χ3n) is 5.15. The van der Waals surface area contributed by atoms with Crippen LogP contribution in [0.4, 0.5) is 0 Å². The van der Waals surface area contributed by atoms with Crippen LogP contribution in [-0.4, -0.2) is 24.9 Å². The van der Waals surface area contributed by atoms with Gasteiger partial charge in [-0.1, -0.05) is 18.6 Å². The maximum atomic E-state index is 12.3. The summed E-state index contributed by atoms with van der Waals surface area (Å²) in [6.07, 6.45) is 12.7. The van der Waals surface area contributed by atoms with Crippen LogP contribution in [0.15, 0.2) is 11.6 Å². The average molecular weight is 320 g/mol. The molecule has 0 aliphatic heterocycles. The summed E-state index contributed by atoms with van der Waals surface area (Å²) in [7, 11) is 0. The lowest BCUT2D eigenvalue weighted by Gasteiger charge is -2.27. The molecule has 2 rings (SSSR count). The van der Waals surface area contributed by atoms with E-state index in [-0.39, 0.29) is 23.7 Å². The number of hydrogen-bond donors (Lipinski definition) is 2. The molecule has 2 aliphatic carbocycles. The molecule has 0 bridgehead atoms. The summed E-state index contributed by atoms with van der Waals surface area (Å²) < 4.78 is 0. The van der Waals surface area contributed by atoms with Crippen molar-refractivity contribution in [2.24, 2.45) is 11.8 Å². The van der Waals surface area contributed by atoms with Crippen molar-refractivity contribution in [3.63, 3.8) is 0 Å². The highest BCUT2D eigenvalue weighted by Gasteiger charge is 2.29. The number of nitrogens with one attached hydrogen (secondary N) is 2. The van der Waals surface area contributed by atoms with Crippen molar-refractivity contribution in [3.8, 4) is 0 Å². The summed E-state index contributed by atoms with van der Waals surface area (Å²) >= 11 is 0. The van der Waals surface area contributed by atoms with Gasteiger partial charge in [-0.2, -0.15) is 0 Å². The summed E-state index contributed by atoms with van der Waals surface area (Å²) in [5, 5.41) is 6.07. The van der Waals surface area contributed by atoms with E-state index in [1.807, 2.05) is 0 Å². The van der Waals surface area contributed by atoms with Crippen LogP contribution >= 0.6 is 0 Å². The summed E-state index contributed by atoms with van der Waals surface area (Å²) in [5.41, 5.74) is 1.51. The topological polar surface area (TPSA) is 58.2 Å². The largest absolute Gasteiger partial charge is 0.356 e. The third-order valence-corrected chi connectivity index (χ3v) is 5.15. The second-order valence-electron chi connectivity index (χ2n) is 6.99. The first kappa shape index (κ1) is 18.0. The summed E-state index contributed by atoms with van der Waals surface area (Å²) in [6, 6.07) is 0. The van der Waals surface area contributed by atoms with Gasteiger partial charge in [-0.25, -0.2) is 0 Å². The molecule has 23 heavy (non-hydrogen) atoms. The lowest BCUT2D eigenvalue weighted by molar-refractivity contribution is -0.130. The van der Waals surface area contributed by atoms with Crippen molar-refractivity contribution < 1.29 is 9.59 Å². The van der Waals surface area contributed by atoms with Crippen LogP contribution < -0.4 is 10.6 Å². The first-order valence-electron chi connectivity index (χ1n) is 9.44. The number of carbonyl (C=O) groups is 2. The van der Waals surface area contributed by atoms with Crippen LogP contribution in [0.2, 0.25) is 0 Å². The Hall–Kier alpha value is -1.32. The van der Waals surface area contributed by atoms with Crippen molar-refractivity contribution >= 4 is 11.8 Å². The number of allylic oxidation sites excluding steroid dienone is 1. The molecule has 0 spiro atoms. The normalized spacial score (nSPS) is 24.7. The number of carbonyl (C=O) groups excluding carboxylic acids is 2. The Morgan fingerprint density at radius 2 is 1.61 bits per heavy atom. The van der Waals surface area contributed by atoms with Gasteiger partial charge in [0.1, 0.15) is 0 Å². The molecule has 0 saturated heterocycles. The fourth-order valence-electron chi connectivity index (χ4n) is 3.63. The zero-order chi connectivity index (χ0) is 16.5. The van der Waals surface area contributed by atoms with E-state index in [4.69, 9.17) is 0 Å². The Balaban J connectivity index is 1.63. The minimum Gasteiger partial charge on any atom is -0.356 e. The van der Waals surface area contributed by atoms with E-state index in [1.165, 1.54) is 31.3 Å². The first-order valence-corrected chi connectivity index (χ1v) is 9.44. The minimum atomic E-state index is 0.102. The van der Waals surface area contributed by atoms with E-state index in [0.717, 1.165) is 51.6 Å². The molecule has 4 heteroatoms. The molecule has 0 aromatic heterocycles. The second kappa shape index (κ2) is 9.74. The molecule has 1 fully saturated rings. The van der Waals surface area contributed by atoms with Gasteiger partial charge in [0.25, 0.3) is 0 Å². The van der Waals surface area contributed by atoms with Crippen molar-refractivity contribution in [2.45, 2.75) is 71.1 Å². The highest BCUT2D eigenvalue weighted by molar-refractivity contribution is 5.81. The molecule has 0 heterocycles. The zero-order valence-electron chi connectivity index (χ0n) is 14.5. The average Bonchev–Trinajstić information content (AvgIpc) is 2.60. The molecule has 2 N–H and O–H groups in total. The molecule has 2 aliphatic rings. The van der Waals surface area contributed by atoms with Crippen LogP contribution in [0.5, 0.6) is 0 Å². The number of amides is 2. The molecule has 0 atom stereocenters. The fraction of sp³-hybridized carbons (Fsp3) is 0.789. The van der Waals surface area contributed by atoms with Gasteiger partial charge in [0.15, 0.2) is 0 Å². The second-order valence-corrected chi connectivity index (χ2v) is 6.99.